The monoisotopic (exact) mass is 796 g/mol. The number of rotatable bonds is 9. The van der Waals surface area contributed by atoms with Crippen molar-refractivity contribution in [3.8, 4) is 34.0 Å². The Kier molecular flexibility index (Phi) is 12.2. The minimum atomic E-state index is -0.353. The smallest absolute Gasteiger partial charge is 0.255 e. The number of hydrogen-bond acceptors (Lipinski definition) is 11. The number of amides is 2. The quantitative estimate of drug-likeness (QED) is 0.129. The number of ether oxygens (including phenoxy) is 2. The van der Waals surface area contributed by atoms with Crippen LogP contribution in [0.5, 0.6) is 11.8 Å². The molecule has 0 spiro atoms. The lowest BCUT2D eigenvalue weighted by molar-refractivity contribution is 0.0772. The van der Waals surface area contributed by atoms with E-state index in [2.05, 4.69) is 25.3 Å². The summed E-state index contributed by atoms with van der Waals surface area (Å²) in [6.07, 6.45) is 0. The Labute approximate surface area is 338 Å². The summed E-state index contributed by atoms with van der Waals surface area (Å²) in [6, 6.07) is 32.2. The van der Waals surface area contributed by atoms with E-state index >= 15 is 0 Å². The highest BCUT2D eigenvalue weighted by atomic mass is 32.2. The van der Waals surface area contributed by atoms with Gasteiger partial charge in [0.2, 0.25) is 23.7 Å². The highest BCUT2D eigenvalue weighted by Gasteiger charge is 2.19. The Morgan fingerprint density at radius 2 is 1.12 bits per heavy atom. The molecule has 0 unspecified atom stereocenters. The SMILES string of the molecule is CCOc1nc(N)nc2ccc(-c3ccc(C(=O)N4CCSCC4)cc3)cc12.CCOc1nc(N)nc2ccc(-c3ccc(C(=O)Nc4ccc(F)cc4)cc3)cc12. The third-order valence-electron chi connectivity index (χ3n) is 9.26. The first-order valence-corrected chi connectivity index (χ1v) is 19.9. The van der Waals surface area contributed by atoms with Gasteiger partial charge in [-0.2, -0.15) is 21.7 Å². The Balaban J connectivity index is 0.000000177. The first-order chi connectivity index (χ1) is 28.2. The highest BCUT2D eigenvalue weighted by molar-refractivity contribution is 7.99. The van der Waals surface area contributed by atoms with Crippen LogP contribution in [0.25, 0.3) is 44.1 Å². The number of nitrogens with two attached hydrogens (primary N) is 2. The largest absolute Gasteiger partial charge is 0.477 e. The van der Waals surface area contributed by atoms with Gasteiger partial charge in [0.15, 0.2) is 0 Å². The molecule has 5 aromatic carbocycles. The summed E-state index contributed by atoms with van der Waals surface area (Å²) in [4.78, 5) is 43.9. The van der Waals surface area contributed by atoms with Gasteiger partial charge >= 0.3 is 0 Å². The fourth-order valence-electron chi connectivity index (χ4n) is 6.39. The van der Waals surface area contributed by atoms with Gasteiger partial charge in [-0.25, -0.2) is 14.4 Å². The van der Waals surface area contributed by atoms with Crippen molar-refractivity contribution in [2.45, 2.75) is 13.8 Å². The first-order valence-electron chi connectivity index (χ1n) is 18.7. The molecule has 8 rings (SSSR count). The third-order valence-corrected chi connectivity index (χ3v) is 10.2. The molecule has 0 bridgehead atoms. The molecule has 0 saturated carbocycles. The van der Waals surface area contributed by atoms with Crippen molar-refractivity contribution < 1.29 is 23.5 Å². The summed E-state index contributed by atoms with van der Waals surface area (Å²) in [5.41, 5.74) is 18.6. The molecule has 1 fully saturated rings. The second-order valence-electron chi connectivity index (χ2n) is 13.1. The predicted molar refractivity (Wildman–Crippen MR) is 229 cm³/mol. The van der Waals surface area contributed by atoms with Gasteiger partial charge in [-0.15, -0.1) is 0 Å². The van der Waals surface area contributed by atoms with Gasteiger partial charge in [0.1, 0.15) is 5.82 Å². The van der Waals surface area contributed by atoms with E-state index in [4.69, 9.17) is 20.9 Å². The summed E-state index contributed by atoms with van der Waals surface area (Å²) in [7, 11) is 0. The lowest BCUT2D eigenvalue weighted by Crippen LogP contribution is -2.37. The normalized spacial score (nSPS) is 12.4. The number of nitrogen functional groups attached to an aromatic ring is 2. The van der Waals surface area contributed by atoms with Gasteiger partial charge in [-0.1, -0.05) is 36.4 Å². The second-order valence-corrected chi connectivity index (χ2v) is 14.3. The van der Waals surface area contributed by atoms with E-state index in [0.29, 0.717) is 41.7 Å². The molecule has 0 aliphatic carbocycles. The molecule has 14 heteroatoms. The number of carbonyl (C=O) groups is 2. The van der Waals surface area contributed by atoms with Crippen LogP contribution in [0.1, 0.15) is 34.6 Å². The molecule has 1 aliphatic heterocycles. The minimum Gasteiger partial charge on any atom is -0.477 e. The van der Waals surface area contributed by atoms with Crippen molar-refractivity contribution in [3.05, 3.63) is 126 Å². The topological polar surface area (TPSA) is 171 Å². The Hall–Kier alpha value is -6.80. The number of anilines is 3. The van der Waals surface area contributed by atoms with Gasteiger partial charge in [0.25, 0.3) is 11.8 Å². The molecule has 1 aliphatic rings. The van der Waals surface area contributed by atoms with Crippen molar-refractivity contribution in [2.24, 2.45) is 0 Å². The van der Waals surface area contributed by atoms with E-state index < -0.39 is 0 Å². The molecular weight excluding hydrogens is 756 g/mol. The van der Waals surface area contributed by atoms with Crippen LogP contribution < -0.4 is 26.3 Å². The molecular formula is C44H41FN8O4S. The number of hydrogen-bond donors (Lipinski definition) is 3. The molecule has 2 amide bonds. The van der Waals surface area contributed by atoms with Crippen molar-refractivity contribution in [3.63, 3.8) is 0 Å². The maximum atomic E-state index is 13.0. The number of halogens is 1. The van der Waals surface area contributed by atoms with Crippen molar-refractivity contribution >= 4 is 63.0 Å². The molecule has 5 N–H and O–H groups in total. The van der Waals surface area contributed by atoms with E-state index in [0.717, 1.165) is 68.7 Å². The van der Waals surface area contributed by atoms with Crippen LogP contribution in [0.2, 0.25) is 0 Å². The lowest BCUT2D eigenvalue weighted by Gasteiger charge is -2.26. The van der Waals surface area contributed by atoms with E-state index in [1.54, 1.807) is 12.1 Å². The maximum absolute atomic E-state index is 13.0. The number of fused-ring (bicyclic) bond motifs is 2. The summed E-state index contributed by atoms with van der Waals surface area (Å²) < 4.78 is 24.2. The fourth-order valence-corrected chi connectivity index (χ4v) is 7.30. The number of carbonyl (C=O) groups excluding carboxylic acids is 2. The lowest BCUT2D eigenvalue weighted by atomic mass is 10.0. The van der Waals surface area contributed by atoms with Crippen LogP contribution >= 0.6 is 11.8 Å². The van der Waals surface area contributed by atoms with Crippen molar-refractivity contribution in [1.29, 1.82) is 0 Å². The summed E-state index contributed by atoms with van der Waals surface area (Å²) >= 11 is 1.90. The maximum Gasteiger partial charge on any atom is 0.255 e. The van der Waals surface area contributed by atoms with E-state index in [1.807, 2.05) is 103 Å². The zero-order chi connectivity index (χ0) is 40.6. The second kappa shape index (κ2) is 18.0. The van der Waals surface area contributed by atoms with Gasteiger partial charge in [-0.3, -0.25) is 9.59 Å². The number of benzene rings is 5. The molecule has 12 nitrogen and oxygen atoms in total. The average molecular weight is 797 g/mol. The van der Waals surface area contributed by atoms with Crippen LogP contribution in [-0.4, -0.2) is 74.5 Å². The number of nitrogens with zero attached hydrogens (tertiary/aromatic N) is 5. The van der Waals surface area contributed by atoms with Crippen LogP contribution in [0, 0.1) is 5.82 Å². The molecule has 0 radical (unpaired) electrons. The van der Waals surface area contributed by atoms with Gasteiger partial charge in [0.05, 0.1) is 35.0 Å². The zero-order valence-electron chi connectivity index (χ0n) is 31.9. The van der Waals surface area contributed by atoms with Crippen LogP contribution in [-0.2, 0) is 0 Å². The summed E-state index contributed by atoms with van der Waals surface area (Å²) in [5.74, 6) is 2.79. The number of nitrogens with one attached hydrogen (secondary N) is 1. The van der Waals surface area contributed by atoms with E-state index in [9.17, 15) is 14.0 Å². The highest BCUT2D eigenvalue weighted by Crippen LogP contribution is 2.31. The van der Waals surface area contributed by atoms with Crippen LogP contribution in [0.4, 0.5) is 22.0 Å². The molecule has 58 heavy (non-hydrogen) atoms. The molecule has 1 saturated heterocycles. The Morgan fingerprint density at radius 1 is 0.655 bits per heavy atom. The average Bonchev–Trinajstić information content (AvgIpc) is 3.25. The molecule has 3 heterocycles. The van der Waals surface area contributed by atoms with E-state index in [1.165, 1.54) is 24.3 Å². The first kappa shape index (κ1) is 39.4. The number of thioether (sulfide) groups is 1. The Morgan fingerprint density at radius 3 is 1.60 bits per heavy atom. The Bertz CT molecular complexity index is 2570. The van der Waals surface area contributed by atoms with Gasteiger partial charge in [-0.05, 0) is 109 Å². The summed E-state index contributed by atoms with van der Waals surface area (Å²) in [5, 5.41) is 4.33. The van der Waals surface area contributed by atoms with Gasteiger partial charge in [0, 0.05) is 41.4 Å². The van der Waals surface area contributed by atoms with Crippen LogP contribution in [0.3, 0.4) is 0 Å². The third kappa shape index (κ3) is 9.24. The van der Waals surface area contributed by atoms with Crippen molar-refractivity contribution in [2.75, 3.05) is 54.6 Å². The zero-order valence-corrected chi connectivity index (χ0v) is 32.8. The van der Waals surface area contributed by atoms with Crippen LogP contribution in [0.15, 0.2) is 109 Å². The molecule has 2 aromatic heterocycles. The van der Waals surface area contributed by atoms with Gasteiger partial charge < -0.3 is 31.2 Å². The molecule has 294 valence electrons. The molecule has 7 aromatic rings. The minimum absolute atomic E-state index is 0.105. The molecule has 0 atom stereocenters. The standard InChI is InChI=1S/C23H19FN4O2.C21H22N4O2S/c1-2-30-22-19-13-16(7-12-20(19)27-23(25)28-22)14-3-5-15(6-4-14)21(29)26-18-10-8-17(24)9-11-18;1-2-27-19-17-13-16(7-8-18(17)23-21(22)24-19)14-3-5-15(6-4-14)20(26)25-9-11-28-12-10-25/h3-13H,2H2,1H3,(H,26,29)(H2,25,27,28);3-8,13H,2,9-12H2,1H3,(H2,22,23,24). The predicted octanol–water partition coefficient (Wildman–Crippen LogP) is 8.14. The van der Waals surface area contributed by atoms with E-state index in [-0.39, 0.29) is 29.5 Å². The fraction of sp³-hybridized carbons (Fsp3) is 0.182. The number of aromatic nitrogens is 4. The van der Waals surface area contributed by atoms with Crippen molar-refractivity contribution in [1.82, 2.24) is 24.8 Å². The summed E-state index contributed by atoms with van der Waals surface area (Å²) in [6.45, 7) is 6.39.